The van der Waals surface area contributed by atoms with Crippen molar-refractivity contribution in [2.45, 2.75) is 19.4 Å². The van der Waals surface area contributed by atoms with Crippen LogP contribution in [0, 0.1) is 11.3 Å². The van der Waals surface area contributed by atoms with Crippen LogP contribution in [0.15, 0.2) is 92.8 Å². The molecule has 0 aliphatic rings. The molecule has 1 atom stereocenters. The molecule has 3 aromatic heterocycles. The Balaban J connectivity index is 1.52. The Labute approximate surface area is 205 Å². The Morgan fingerprint density at radius 1 is 1.14 bits per heavy atom. The summed E-state index contributed by atoms with van der Waals surface area (Å²) in [6.45, 7) is 1.75. The maximum absolute atomic E-state index is 13.4. The van der Waals surface area contributed by atoms with Gasteiger partial charge in [-0.2, -0.15) is 10.4 Å². The first kappa shape index (κ1) is 22.7. The third-order valence-corrected chi connectivity index (χ3v) is 5.56. The Morgan fingerprint density at radius 3 is 2.64 bits per heavy atom. The molecule has 2 aromatic carbocycles. The number of anilines is 1. The van der Waals surface area contributed by atoms with Crippen LogP contribution < -0.4 is 15.5 Å². The fourth-order valence-electron chi connectivity index (χ4n) is 3.78. The Morgan fingerprint density at radius 2 is 1.92 bits per heavy atom. The van der Waals surface area contributed by atoms with Gasteiger partial charge in [-0.05, 0) is 42.8 Å². The number of carbonyl (C=O) groups excluding carboxylic acids is 1. The molecule has 0 spiro atoms. The second kappa shape index (κ2) is 9.64. The summed E-state index contributed by atoms with van der Waals surface area (Å²) < 4.78 is 18.9. The highest BCUT2D eigenvalue weighted by Gasteiger charge is 2.27. The Kier molecular flexibility index (Phi) is 6.07. The average Bonchev–Trinajstić information content (AvgIpc) is 3.59. The smallest absolute Gasteiger partial charge is 0.266 e. The molecule has 1 N–H and O–H groups in total. The van der Waals surface area contributed by atoms with Gasteiger partial charge in [-0.25, -0.2) is 4.68 Å². The molecule has 9 heteroatoms. The van der Waals surface area contributed by atoms with Crippen molar-refractivity contribution >= 4 is 22.7 Å². The summed E-state index contributed by atoms with van der Waals surface area (Å²) in [6.07, 6.45) is 1.98. The maximum Gasteiger partial charge on any atom is 0.266 e. The number of nitrogens with one attached hydrogen (secondary N) is 1. The Bertz CT molecular complexity index is 1630. The summed E-state index contributed by atoms with van der Waals surface area (Å²) in [5, 5.41) is 16.8. The monoisotopic (exact) mass is 480 g/mol. The highest BCUT2D eigenvalue weighted by molar-refractivity contribution is 5.95. The van der Waals surface area contributed by atoms with Crippen LogP contribution in [-0.4, -0.2) is 21.8 Å². The van der Waals surface area contributed by atoms with E-state index in [0.717, 1.165) is 0 Å². The van der Waals surface area contributed by atoms with E-state index in [2.05, 4.69) is 10.4 Å². The molecule has 0 aliphatic heterocycles. The molecule has 0 aliphatic carbocycles. The molecule has 0 bridgehead atoms. The van der Waals surface area contributed by atoms with E-state index in [1.165, 1.54) is 17.1 Å². The number of fused-ring (bicyclic) bond motifs is 1. The third kappa shape index (κ3) is 4.12. The van der Waals surface area contributed by atoms with Crippen molar-refractivity contribution in [2.75, 3.05) is 5.32 Å². The molecule has 5 rings (SSSR count). The largest absolute Gasteiger partial charge is 0.473 e. The first-order valence-corrected chi connectivity index (χ1v) is 11.2. The molecule has 0 saturated heterocycles. The number of nitriles is 1. The summed E-state index contributed by atoms with van der Waals surface area (Å²) in [7, 11) is 0. The SMILES string of the molecule is CCC(Oc1c(-c2ccco2)oc2ccccc2c1=O)C(=O)Nc1c(C#N)cnn1-c1ccccc1. The number of ether oxygens (including phenoxy) is 1. The van der Waals surface area contributed by atoms with E-state index >= 15 is 0 Å². The van der Waals surface area contributed by atoms with Crippen LogP contribution >= 0.6 is 0 Å². The zero-order chi connectivity index (χ0) is 25.1. The van der Waals surface area contributed by atoms with Gasteiger partial charge in [0.2, 0.25) is 16.9 Å². The minimum Gasteiger partial charge on any atom is -0.473 e. The summed E-state index contributed by atoms with van der Waals surface area (Å²) in [5.74, 6) is -0.112. The first-order chi connectivity index (χ1) is 17.6. The minimum atomic E-state index is -1.08. The zero-order valence-corrected chi connectivity index (χ0v) is 19.2. The van der Waals surface area contributed by atoms with Crippen molar-refractivity contribution in [2.24, 2.45) is 0 Å². The van der Waals surface area contributed by atoms with E-state index in [4.69, 9.17) is 13.6 Å². The highest BCUT2D eigenvalue weighted by Crippen LogP contribution is 2.32. The minimum absolute atomic E-state index is 0.0852. The van der Waals surface area contributed by atoms with Crippen LogP contribution in [0.2, 0.25) is 0 Å². The van der Waals surface area contributed by atoms with E-state index in [1.807, 2.05) is 24.3 Å². The van der Waals surface area contributed by atoms with Gasteiger partial charge < -0.3 is 18.9 Å². The number of aromatic nitrogens is 2. The standard InChI is InChI=1S/C27H20N4O5/c1-2-20(27(33)30-26-17(15-28)16-29-31(26)18-9-4-3-5-10-18)35-25-23(32)19-11-6-7-12-21(19)36-24(25)22-13-8-14-34-22/h3-14,16,20H,2H2,1H3,(H,30,33). The number of furan rings is 1. The number of carbonyl (C=O) groups is 1. The number of amides is 1. The van der Waals surface area contributed by atoms with Gasteiger partial charge in [0.1, 0.15) is 17.2 Å². The Hall–Kier alpha value is -5.10. The van der Waals surface area contributed by atoms with Gasteiger partial charge in [-0.15, -0.1) is 0 Å². The van der Waals surface area contributed by atoms with Crippen LogP contribution in [0.3, 0.4) is 0 Å². The lowest BCUT2D eigenvalue weighted by Crippen LogP contribution is -2.34. The van der Waals surface area contributed by atoms with E-state index in [9.17, 15) is 14.9 Å². The molecular formula is C27H20N4O5. The third-order valence-electron chi connectivity index (χ3n) is 5.56. The number of para-hydroxylation sites is 2. The van der Waals surface area contributed by atoms with Crippen LogP contribution in [-0.2, 0) is 4.79 Å². The molecule has 0 saturated carbocycles. The van der Waals surface area contributed by atoms with Crippen LogP contribution in [0.1, 0.15) is 18.9 Å². The number of rotatable bonds is 7. The zero-order valence-electron chi connectivity index (χ0n) is 19.2. The maximum atomic E-state index is 13.4. The predicted octanol–water partition coefficient (Wildman–Crippen LogP) is 4.91. The van der Waals surface area contributed by atoms with Crippen molar-refractivity contribution in [1.82, 2.24) is 9.78 Å². The average molecular weight is 480 g/mol. The normalized spacial score (nSPS) is 11.7. The van der Waals surface area contributed by atoms with Gasteiger partial charge >= 0.3 is 0 Å². The van der Waals surface area contributed by atoms with Crippen LogP contribution in [0.5, 0.6) is 5.75 Å². The van der Waals surface area contributed by atoms with Crippen LogP contribution in [0.25, 0.3) is 28.2 Å². The summed E-state index contributed by atoms with van der Waals surface area (Å²) >= 11 is 0. The summed E-state index contributed by atoms with van der Waals surface area (Å²) in [5.41, 5.74) is 0.785. The van der Waals surface area contributed by atoms with Gasteiger partial charge in [-0.3, -0.25) is 9.59 Å². The fraction of sp³-hybridized carbons (Fsp3) is 0.111. The van der Waals surface area contributed by atoms with Crippen molar-refractivity contribution < 1.29 is 18.4 Å². The summed E-state index contributed by atoms with van der Waals surface area (Å²) in [4.78, 5) is 26.7. The lowest BCUT2D eigenvalue weighted by molar-refractivity contribution is -0.122. The summed E-state index contributed by atoms with van der Waals surface area (Å²) in [6, 6.07) is 21.2. The number of hydrogen-bond acceptors (Lipinski definition) is 7. The van der Waals surface area contributed by atoms with Gasteiger partial charge in [0.05, 0.1) is 23.5 Å². The number of benzene rings is 2. The fourth-order valence-corrected chi connectivity index (χ4v) is 3.78. The molecular weight excluding hydrogens is 460 g/mol. The lowest BCUT2D eigenvalue weighted by atomic mass is 10.1. The van der Waals surface area contributed by atoms with Crippen molar-refractivity contribution in [3.63, 3.8) is 0 Å². The highest BCUT2D eigenvalue weighted by atomic mass is 16.5. The molecule has 178 valence electrons. The molecule has 1 amide bonds. The van der Waals surface area contributed by atoms with E-state index in [0.29, 0.717) is 16.7 Å². The molecule has 0 radical (unpaired) electrons. The van der Waals surface area contributed by atoms with Crippen LogP contribution in [0.4, 0.5) is 5.82 Å². The molecule has 36 heavy (non-hydrogen) atoms. The molecule has 3 heterocycles. The van der Waals surface area contributed by atoms with Gasteiger partial charge in [-0.1, -0.05) is 37.3 Å². The van der Waals surface area contributed by atoms with E-state index < -0.39 is 17.4 Å². The topological polar surface area (TPSA) is 123 Å². The van der Waals surface area contributed by atoms with E-state index in [1.54, 1.807) is 55.5 Å². The van der Waals surface area contributed by atoms with Gasteiger partial charge in [0, 0.05) is 0 Å². The van der Waals surface area contributed by atoms with E-state index in [-0.39, 0.29) is 35.1 Å². The van der Waals surface area contributed by atoms with Gasteiger partial charge in [0.15, 0.2) is 17.7 Å². The van der Waals surface area contributed by atoms with Crippen molar-refractivity contribution in [3.8, 4) is 29.0 Å². The molecule has 9 nitrogen and oxygen atoms in total. The molecule has 0 fully saturated rings. The first-order valence-electron chi connectivity index (χ1n) is 11.2. The predicted molar refractivity (Wildman–Crippen MR) is 132 cm³/mol. The molecule has 1 unspecified atom stereocenters. The van der Waals surface area contributed by atoms with Crippen molar-refractivity contribution in [3.05, 3.63) is 95.0 Å². The van der Waals surface area contributed by atoms with Gasteiger partial charge in [0.25, 0.3) is 5.91 Å². The second-order valence-electron chi connectivity index (χ2n) is 7.83. The second-order valence-corrected chi connectivity index (χ2v) is 7.83. The van der Waals surface area contributed by atoms with Crippen molar-refractivity contribution in [1.29, 1.82) is 5.26 Å². The lowest BCUT2D eigenvalue weighted by Gasteiger charge is -2.19. The molecule has 5 aromatic rings. The number of hydrogen-bond donors (Lipinski definition) is 1. The number of nitrogens with zero attached hydrogens (tertiary/aromatic N) is 3. The quantitative estimate of drug-likeness (QED) is 0.351.